The number of nitrogen functional groups attached to an aromatic ring is 1. The third-order valence-corrected chi connectivity index (χ3v) is 3.91. The normalized spacial score (nSPS) is 10.2. The molecule has 3 N–H and O–H groups in total. The summed E-state index contributed by atoms with van der Waals surface area (Å²) < 4.78 is 10.5. The first-order valence-corrected chi connectivity index (χ1v) is 7.72. The van der Waals surface area contributed by atoms with E-state index in [1.807, 2.05) is 24.3 Å². The Morgan fingerprint density at radius 2 is 1.91 bits per heavy atom. The van der Waals surface area contributed by atoms with Crippen molar-refractivity contribution >= 4 is 29.3 Å². The average molecular weight is 334 g/mol. The zero-order valence-electron chi connectivity index (χ0n) is 13.1. The second kappa shape index (κ2) is 7.68. The van der Waals surface area contributed by atoms with E-state index < -0.39 is 0 Å². The van der Waals surface area contributed by atoms with E-state index >= 15 is 0 Å². The van der Waals surface area contributed by atoms with Crippen LogP contribution in [0.5, 0.6) is 11.8 Å². The van der Waals surface area contributed by atoms with Crippen molar-refractivity contribution in [3.05, 3.63) is 24.3 Å². The fourth-order valence-corrected chi connectivity index (χ4v) is 2.80. The van der Waals surface area contributed by atoms with Crippen LogP contribution in [-0.2, 0) is 4.79 Å². The molecule has 0 spiro atoms. The molecule has 0 aliphatic rings. The minimum atomic E-state index is -0.0434. The first-order chi connectivity index (χ1) is 11.1. The molecule has 7 nitrogen and oxygen atoms in total. The van der Waals surface area contributed by atoms with Gasteiger partial charge in [0.2, 0.25) is 23.6 Å². The number of aromatic nitrogens is 2. The molecule has 122 valence electrons. The van der Waals surface area contributed by atoms with Gasteiger partial charge in [-0.3, -0.25) is 4.79 Å². The van der Waals surface area contributed by atoms with E-state index in [4.69, 9.17) is 15.2 Å². The highest BCUT2D eigenvalue weighted by molar-refractivity contribution is 7.99. The summed E-state index contributed by atoms with van der Waals surface area (Å²) >= 11 is 1.37. The first-order valence-electron chi connectivity index (χ1n) is 6.90. The Bertz CT molecular complexity index is 684. The van der Waals surface area contributed by atoms with Crippen LogP contribution in [-0.4, -0.2) is 30.1 Å². The van der Waals surface area contributed by atoms with E-state index in [-0.39, 0.29) is 11.9 Å². The number of nitrogens with one attached hydrogen (secondary N) is 1. The molecule has 2 aromatic rings. The molecular formula is C15H18N4O3S. The van der Waals surface area contributed by atoms with Gasteiger partial charge in [0.25, 0.3) is 0 Å². The van der Waals surface area contributed by atoms with Gasteiger partial charge in [-0.25, -0.2) is 0 Å². The lowest BCUT2D eigenvalue weighted by atomic mass is 10.3. The van der Waals surface area contributed by atoms with E-state index in [0.717, 1.165) is 10.6 Å². The van der Waals surface area contributed by atoms with Crippen LogP contribution in [0.3, 0.4) is 0 Å². The molecule has 0 unspecified atom stereocenters. The maximum absolute atomic E-state index is 11.5. The number of carbonyl (C=O) groups is 1. The number of nitrogens with two attached hydrogens (primary N) is 1. The third kappa shape index (κ3) is 4.26. The van der Waals surface area contributed by atoms with Crippen LogP contribution in [0.4, 0.5) is 11.6 Å². The average Bonchev–Trinajstić information content (AvgIpc) is 2.56. The predicted molar refractivity (Wildman–Crippen MR) is 89.0 cm³/mol. The van der Waals surface area contributed by atoms with Crippen molar-refractivity contribution in [2.45, 2.75) is 23.1 Å². The van der Waals surface area contributed by atoms with Crippen LogP contribution in [0.1, 0.15) is 13.3 Å². The SMILES string of the molecule is CCC(=O)Nc1cccc(Sc2c(OC)nc(N)nc2OC)c1. The number of nitrogens with zero attached hydrogens (tertiary/aromatic N) is 2. The van der Waals surface area contributed by atoms with E-state index in [0.29, 0.717) is 23.1 Å². The number of benzene rings is 1. The molecule has 1 aromatic heterocycles. The van der Waals surface area contributed by atoms with Gasteiger partial charge in [-0.15, -0.1) is 0 Å². The number of amides is 1. The first kappa shape index (κ1) is 16.9. The summed E-state index contributed by atoms with van der Waals surface area (Å²) in [7, 11) is 3.01. The Morgan fingerprint density at radius 3 is 2.48 bits per heavy atom. The molecule has 0 atom stereocenters. The minimum absolute atomic E-state index is 0.0434. The second-order valence-electron chi connectivity index (χ2n) is 4.46. The van der Waals surface area contributed by atoms with Crippen LogP contribution in [0.2, 0.25) is 0 Å². The monoisotopic (exact) mass is 334 g/mol. The Morgan fingerprint density at radius 1 is 1.26 bits per heavy atom. The van der Waals surface area contributed by atoms with Crippen molar-refractivity contribution in [3.63, 3.8) is 0 Å². The number of methoxy groups -OCH3 is 2. The fourth-order valence-electron chi connectivity index (χ4n) is 1.79. The summed E-state index contributed by atoms with van der Waals surface area (Å²) in [6, 6.07) is 7.44. The largest absolute Gasteiger partial charge is 0.480 e. The van der Waals surface area contributed by atoms with Gasteiger partial charge in [0.15, 0.2) is 0 Å². The number of ether oxygens (including phenoxy) is 2. The summed E-state index contributed by atoms with van der Waals surface area (Å²) in [5.74, 6) is 0.704. The standard InChI is InChI=1S/C15H18N4O3S/c1-4-11(20)17-9-6-5-7-10(8-9)23-12-13(21-2)18-15(16)19-14(12)22-3/h5-8H,4H2,1-3H3,(H,17,20)(H2,16,18,19). The number of anilines is 2. The molecule has 1 amide bonds. The zero-order chi connectivity index (χ0) is 16.8. The second-order valence-corrected chi connectivity index (χ2v) is 5.54. The van der Waals surface area contributed by atoms with Crippen LogP contribution in [0.15, 0.2) is 34.1 Å². The van der Waals surface area contributed by atoms with Crippen LogP contribution >= 0.6 is 11.8 Å². The lowest BCUT2D eigenvalue weighted by Crippen LogP contribution is -2.09. The lowest BCUT2D eigenvalue weighted by Gasteiger charge is -2.12. The molecule has 0 radical (unpaired) electrons. The third-order valence-electron chi connectivity index (χ3n) is 2.87. The number of hydrogen-bond donors (Lipinski definition) is 2. The molecule has 0 fully saturated rings. The summed E-state index contributed by atoms with van der Waals surface area (Å²) in [5.41, 5.74) is 6.35. The highest BCUT2D eigenvalue weighted by Gasteiger charge is 2.17. The summed E-state index contributed by atoms with van der Waals surface area (Å²) in [6.45, 7) is 1.80. The summed E-state index contributed by atoms with van der Waals surface area (Å²) in [5, 5.41) is 2.82. The van der Waals surface area contributed by atoms with Crippen molar-refractivity contribution in [1.29, 1.82) is 0 Å². The van der Waals surface area contributed by atoms with Gasteiger partial charge < -0.3 is 20.5 Å². The molecule has 0 saturated carbocycles. The van der Waals surface area contributed by atoms with Crippen molar-refractivity contribution in [1.82, 2.24) is 9.97 Å². The number of rotatable bonds is 6. The lowest BCUT2D eigenvalue weighted by molar-refractivity contribution is -0.115. The minimum Gasteiger partial charge on any atom is -0.480 e. The van der Waals surface area contributed by atoms with Gasteiger partial charge in [-0.05, 0) is 18.2 Å². The zero-order valence-corrected chi connectivity index (χ0v) is 13.9. The maximum Gasteiger partial charge on any atom is 0.236 e. The highest BCUT2D eigenvalue weighted by atomic mass is 32.2. The molecule has 0 bridgehead atoms. The number of hydrogen-bond acceptors (Lipinski definition) is 7. The molecule has 0 saturated heterocycles. The number of carbonyl (C=O) groups excluding carboxylic acids is 1. The van der Waals surface area contributed by atoms with Gasteiger partial charge in [0.1, 0.15) is 4.90 Å². The predicted octanol–water partition coefficient (Wildman–Crippen LogP) is 2.58. The van der Waals surface area contributed by atoms with Crippen LogP contribution in [0, 0.1) is 0 Å². The van der Waals surface area contributed by atoms with E-state index in [1.165, 1.54) is 26.0 Å². The van der Waals surface area contributed by atoms with Crippen LogP contribution < -0.4 is 20.5 Å². The van der Waals surface area contributed by atoms with Crippen molar-refractivity contribution in [3.8, 4) is 11.8 Å². The van der Waals surface area contributed by atoms with E-state index in [9.17, 15) is 4.79 Å². The smallest absolute Gasteiger partial charge is 0.236 e. The molecule has 1 heterocycles. The van der Waals surface area contributed by atoms with Gasteiger partial charge in [-0.2, -0.15) is 9.97 Å². The Balaban J connectivity index is 2.32. The molecule has 23 heavy (non-hydrogen) atoms. The van der Waals surface area contributed by atoms with Crippen LogP contribution in [0.25, 0.3) is 0 Å². The molecule has 1 aromatic carbocycles. The summed E-state index contributed by atoms with van der Waals surface area (Å²) in [4.78, 5) is 21.1. The van der Waals surface area contributed by atoms with Crippen molar-refractivity contribution in [2.24, 2.45) is 0 Å². The molecular weight excluding hydrogens is 316 g/mol. The fraction of sp³-hybridized carbons (Fsp3) is 0.267. The molecule has 8 heteroatoms. The van der Waals surface area contributed by atoms with E-state index in [2.05, 4.69) is 15.3 Å². The highest BCUT2D eigenvalue weighted by Crippen LogP contribution is 2.40. The Hall–Kier alpha value is -2.48. The van der Waals surface area contributed by atoms with Gasteiger partial charge in [-0.1, -0.05) is 24.8 Å². The van der Waals surface area contributed by atoms with Gasteiger partial charge in [0, 0.05) is 17.0 Å². The van der Waals surface area contributed by atoms with Gasteiger partial charge in [0.05, 0.1) is 14.2 Å². The molecule has 2 rings (SSSR count). The van der Waals surface area contributed by atoms with Gasteiger partial charge >= 0.3 is 0 Å². The quantitative estimate of drug-likeness (QED) is 0.837. The maximum atomic E-state index is 11.5. The van der Waals surface area contributed by atoms with Crippen molar-refractivity contribution in [2.75, 3.05) is 25.3 Å². The Labute approximate surface area is 138 Å². The Kier molecular flexibility index (Phi) is 5.64. The van der Waals surface area contributed by atoms with E-state index in [1.54, 1.807) is 6.92 Å². The van der Waals surface area contributed by atoms with Crippen molar-refractivity contribution < 1.29 is 14.3 Å². The molecule has 0 aliphatic heterocycles. The topological polar surface area (TPSA) is 99.4 Å². The summed E-state index contributed by atoms with van der Waals surface area (Å²) in [6.07, 6.45) is 0.421. The molecule has 0 aliphatic carbocycles.